The van der Waals surface area contributed by atoms with E-state index in [2.05, 4.69) is 44.7 Å². The normalized spacial score (nSPS) is 12.2. The molecule has 0 bridgehead atoms. The number of benzene rings is 1. The van der Waals surface area contributed by atoms with Crippen LogP contribution in [0.5, 0.6) is 5.75 Å². The van der Waals surface area contributed by atoms with Crippen LogP contribution in [0.1, 0.15) is 25.5 Å². The number of nitrogens with zero attached hydrogens (tertiary/aromatic N) is 1. The molecular weight excluding hydrogens is 326 g/mol. The van der Waals surface area contributed by atoms with Gasteiger partial charge in [-0.15, -0.1) is 0 Å². The molecule has 2 aromatic rings. The van der Waals surface area contributed by atoms with Crippen LogP contribution in [0.15, 0.2) is 28.7 Å². The van der Waals surface area contributed by atoms with Crippen molar-refractivity contribution in [1.82, 2.24) is 4.37 Å². The van der Waals surface area contributed by atoms with E-state index in [0.29, 0.717) is 18.2 Å². The van der Waals surface area contributed by atoms with Gasteiger partial charge < -0.3 is 15.8 Å². The predicted octanol–water partition coefficient (Wildman–Crippen LogP) is 4.06. The second-order valence-corrected chi connectivity index (χ2v) is 5.77. The number of halogens is 1. The van der Waals surface area contributed by atoms with Crippen LogP contribution in [0.3, 0.4) is 0 Å². The Morgan fingerprint density at radius 3 is 2.74 bits per heavy atom. The number of nitrogens with two attached hydrogens (primary N) is 1. The van der Waals surface area contributed by atoms with Crippen molar-refractivity contribution in [3.63, 3.8) is 0 Å². The second-order valence-electron chi connectivity index (χ2n) is 4.08. The lowest BCUT2D eigenvalue weighted by Gasteiger charge is -2.15. The minimum Gasteiger partial charge on any atom is -0.487 e. The minimum atomic E-state index is 0.159. The summed E-state index contributed by atoms with van der Waals surface area (Å²) in [6, 6.07) is 8.36. The Morgan fingerprint density at radius 2 is 2.11 bits per heavy atom. The molecule has 4 nitrogen and oxygen atoms in total. The quantitative estimate of drug-likeness (QED) is 0.860. The van der Waals surface area contributed by atoms with Gasteiger partial charge in [-0.2, -0.15) is 4.37 Å². The molecule has 0 amide bonds. The molecule has 0 spiro atoms. The average Bonchev–Trinajstić information content (AvgIpc) is 2.73. The molecule has 1 unspecified atom stereocenters. The molecule has 1 atom stereocenters. The third-order valence-electron chi connectivity index (χ3n) is 2.68. The molecule has 0 fully saturated rings. The smallest absolute Gasteiger partial charge is 0.197 e. The molecule has 0 saturated heterocycles. The first kappa shape index (κ1) is 14.1. The number of hydrogen-bond acceptors (Lipinski definition) is 5. The number of aromatic nitrogens is 1. The molecule has 1 aromatic heterocycles. The Kier molecular flexibility index (Phi) is 4.66. The van der Waals surface area contributed by atoms with Crippen LogP contribution in [-0.4, -0.2) is 11.0 Å². The Morgan fingerprint density at radius 1 is 1.42 bits per heavy atom. The zero-order chi connectivity index (χ0) is 13.8. The van der Waals surface area contributed by atoms with E-state index in [1.807, 2.05) is 19.1 Å². The van der Waals surface area contributed by atoms with Gasteiger partial charge >= 0.3 is 0 Å². The van der Waals surface area contributed by atoms with Crippen molar-refractivity contribution in [2.75, 3.05) is 17.7 Å². The zero-order valence-corrected chi connectivity index (χ0v) is 13.2. The van der Waals surface area contributed by atoms with Crippen LogP contribution >= 0.6 is 27.5 Å². The maximum Gasteiger partial charge on any atom is 0.197 e. The summed E-state index contributed by atoms with van der Waals surface area (Å²) < 4.78 is 10.7. The number of rotatable bonds is 5. The van der Waals surface area contributed by atoms with E-state index in [9.17, 15) is 0 Å². The maximum atomic E-state index is 5.79. The molecule has 6 heteroatoms. The van der Waals surface area contributed by atoms with Crippen LogP contribution in [0, 0.1) is 0 Å². The fourth-order valence-electron chi connectivity index (χ4n) is 1.70. The van der Waals surface area contributed by atoms with Gasteiger partial charge in [-0.1, -0.05) is 28.1 Å². The first-order valence-corrected chi connectivity index (χ1v) is 7.58. The van der Waals surface area contributed by atoms with E-state index >= 15 is 0 Å². The molecule has 2 rings (SSSR count). The van der Waals surface area contributed by atoms with E-state index in [4.69, 9.17) is 10.5 Å². The Bertz CT molecular complexity index is 541. The summed E-state index contributed by atoms with van der Waals surface area (Å²) in [4.78, 5) is 0. The molecule has 102 valence electrons. The maximum absolute atomic E-state index is 5.79. The predicted molar refractivity (Wildman–Crippen MR) is 83.9 cm³/mol. The molecule has 0 radical (unpaired) electrons. The molecule has 0 aliphatic carbocycles. The largest absolute Gasteiger partial charge is 0.487 e. The van der Waals surface area contributed by atoms with Gasteiger partial charge in [0.2, 0.25) is 0 Å². The van der Waals surface area contributed by atoms with Crippen molar-refractivity contribution >= 4 is 38.3 Å². The second kappa shape index (κ2) is 6.25. The van der Waals surface area contributed by atoms with Crippen molar-refractivity contribution in [1.29, 1.82) is 0 Å². The Labute approximate surface area is 125 Å². The number of ether oxygens (including phenoxy) is 1. The summed E-state index contributed by atoms with van der Waals surface area (Å²) >= 11 is 4.75. The summed E-state index contributed by atoms with van der Waals surface area (Å²) in [6.07, 6.45) is 0. The summed E-state index contributed by atoms with van der Waals surface area (Å²) in [5.74, 6) is 1.09. The summed E-state index contributed by atoms with van der Waals surface area (Å²) in [7, 11) is 0. The van der Waals surface area contributed by atoms with Crippen molar-refractivity contribution in [3.8, 4) is 5.75 Å². The van der Waals surface area contributed by atoms with Crippen molar-refractivity contribution in [2.45, 2.75) is 19.9 Å². The molecular formula is C13H16BrN3OS. The van der Waals surface area contributed by atoms with Gasteiger partial charge in [0.15, 0.2) is 16.6 Å². The molecule has 1 heterocycles. The van der Waals surface area contributed by atoms with Crippen molar-refractivity contribution < 1.29 is 4.74 Å². The molecule has 0 aliphatic heterocycles. The first-order valence-electron chi connectivity index (χ1n) is 6.01. The molecule has 0 aliphatic rings. The third kappa shape index (κ3) is 3.39. The lowest BCUT2D eigenvalue weighted by Crippen LogP contribution is -2.07. The molecule has 19 heavy (non-hydrogen) atoms. The van der Waals surface area contributed by atoms with Crippen molar-refractivity contribution in [3.05, 3.63) is 34.3 Å². The Balaban J connectivity index is 2.14. The van der Waals surface area contributed by atoms with Gasteiger partial charge in [-0.05, 0) is 43.1 Å². The highest BCUT2D eigenvalue weighted by Crippen LogP contribution is 2.37. The highest BCUT2D eigenvalue weighted by Gasteiger charge is 2.15. The van der Waals surface area contributed by atoms with Gasteiger partial charge in [-0.3, -0.25) is 0 Å². The number of nitrogen functional groups attached to an aromatic ring is 1. The molecule has 1 aromatic carbocycles. The number of anilines is 2. The SMILES string of the molecule is CCOc1c(N)nsc1NC(C)c1ccc(Br)cc1. The third-order valence-corrected chi connectivity index (χ3v) is 3.98. The highest BCUT2D eigenvalue weighted by molar-refractivity contribution is 9.10. The van der Waals surface area contributed by atoms with Crippen LogP contribution < -0.4 is 15.8 Å². The Hall–Kier alpha value is -1.27. The number of hydrogen-bond donors (Lipinski definition) is 2. The number of nitrogens with one attached hydrogen (secondary N) is 1. The first-order chi connectivity index (χ1) is 9.11. The van der Waals surface area contributed by atoms with E-state index in [0.717, 1.165) is 9.47 Å². The zero-order valence-electron chi connectivity index (χ0n) is 10.8. The summed E-state index contributed by atoms with van der Waals surface area (Å²) in [5.41, 5.74) is 6.98. The fraction of sp³-hybridized carbons (Fsp3) is 0.308. The van der Waals surface area contributed by atoms with E-state index < -0.39 is 0 Å². The summed E-state index contributed by atoms with van der Waals surface area (Å²) in [6.45, 7) is 4.60. The van der Waals surface area contributed by atoms with E-state index in [1.165, 1.54) is 17.1 Å². The standard InChI is InChI=1S/C13H16BrN3OS/c1-3-18-11-12(15)17-19-13(11)16-8(2)9-4-6-10(14)7-5-9/h4-8,16H,3H2,1-2H3,(H2,15,17). The lowest BCUT2D eigenvalue weighted by atomic mass is 10.1. The van der Waals surface area contributed by atoms with E-state index in [1.54, 1.807) is 0 Å². The van der Waals surface area contributed by atoms with Crippen LogP contribution in [0.25, 0.3) is 0 Å². The average molecular weight is 342 g/mol. The lowest BCUT2D eigenvalue weighted by molar-refractivity contribution is 0.344. The van der Waals surface area contributed by atoms with Gasteiger partial charge in [-0.25, -0.2) is 0 Å². The fourth-order valence-corrected chi connectivity index (χ4v) is 2.71. The topological polar surface area (TPSA) is 60.2 Å². The van der Waals surface area contributed by atoms with Crippen molar-refractivity contribution in [2.24, 2.45) is 0 Å². The van der Waals surface area contributed by atoms with Gasteiger partial charge in [0, 0.05) is 10.5 Å². The van der Waals surface area contributed by atoms with Gasteiger partial charge in [0.25, 0.3) is 0 Å². The van der Waals surface area contributed by atoms with E-state index in [-0.39, 0.29) is 6.04 Å². The molecule has 0 saturated carbocycles. The monoisotopic (exact) mass is 341 g/mol. The minimum absolute atomic E-state index is 0.159. The van der Waals surface area contributed by atoms with Gasteiger partial charge in [0.05, 0.1) is 6.61 Å². The molecule has 3 N–H and O–H groups in total. The summed E-state index contributed by atoms with van der Waals surface area (Å²) in [5, 5.41) is 4.26. The van der Waals surface area contributed by atoms with Crippen LogP contribution in [-0.2, 0) is 0 Å². The van der Waals surface area contributed by atoms with Crippen LogP contribution in [0.4, 0.5) is 10.8 Å². The van der Waals surface area contributed by atoms with Crippen LogP contribution in [0.2, 0.25) is 0 Å². The van der Waals surface area contributed by atoms with Gasteiger partial charge in [0.1, 0.15) is 0 Å². The highest BCUT2D eigenvalue weighted by atomic mass is 79.9.